The van der Waals surface area contributed by atoms with Crippen LogP contribution in [0.4, 0.5) is 10.1 Å². The molecule has 0 spiro atoms. The van der Waals surface area contributed by atoms with Crippen LogP contribution in [0.1, 0.15) is 28.4 Å². The molecule has 1 aliphatic rings. The standard InChI is InChI=1S/C22H22FN3S/c1-15-5-10-19(16(2)14-15)24-22(27)26-13-12-25-11-3-4-20(25)21(26)17-6-8-18(23)9-7-17/h3-11,14,21H,12-13H2,1-2H3,(H,24,27). The van der Waals surface area contributed by atoms with Gasteiger partial charge in [0.1, 0.15) is 5.82 Å². The average Bonchev–Trinajstić information content (AvgIpc) is 3.13. The summed E-state index contributed by atoms with van der Waals surface area (Å²) in [6.45, 7) is 5.82. The first-order chi connectivity index (χ1) is 13.0. The minimum absolute atomic E-state index is 0.0416. The van der Waals surface area contributed by atoms with E-state index in [1.165, 1.54) is 17.7 Å². The normalized spacial score (nSPS) is 16.1. The number of hydrogen-bond acceptors (Lipinski definition) is 1. The van der Waals surface area contributed by atoms with Gasteiger partial charge in [0.15, 0.2) is 5.11 Å². The van der Waals surface area contributed by atoms with Gasteiger partial charge in [-0.1, -0.05) is 29.8 Å². The van der Waals surface area contributed by atoms with Gasteiger partial charge in [-0.15, -0.1) is 0 Å². The van der Waals surface area contributed by atoms with E-state index >= 15 is 0 Å². The molecule has 27 heavy (non-hydrogen) atoms. The monoisotopic (exact) mass is 379 g/mol. The van der Waals surface area contributed by atoms with Crippen molar-refractivity contribution in [3.63, 3.8) is 0 Å². The molecule has 1 unspecified atom stereocenters. The Hall–Kier alpha value is -2.66. The summed E-state index contributed by atoms with van der Waals surface area (Å²) in [6, 6.07) is 17.1. The Bertz CT molecular complexity index is 977. The molecular weight excluding hydrogens is 357 g/mol. The smallest absolute Gasteiger partial charge is 0.174 e. The van der Waals surface area contributed by atoms with Crippen LogP contribution in [-0.4, -0.2) is 21.1 Å². The van der Waals surface area contributed by atoms with Crippen molar-refractivity contribution >= 4 is 23.0 Å². The molecule has 1 N–H and O–H groups in total. The minimum atomic E-state index is -0.229. The molecule has 1 aliphatic heterocycles. The molecule has 138 valence electrons. The van der Waals surface area contributed by atoms with Crippen LogP contribution in [0.15, 0.2) is 60.8 Å². The summed E-state index contributed by atoms with van der Waals surface area (Å²) in [5.74, 6) is -0.229. The first-order valence-corrected chi connectivity index (χ1v) is 9.49. The second-order valence-electron chi connectivity index (χ2n) is 7.02. The third-order valence-electron chi connectivity index (χ3n) is 5.11. The number of hydrogen-bond donors (Lipinski definition) is 1. The number of aromatic nitrogens is 1. The van der Waals surface area contributed by atoms with Gasteiger partial charge in [-0.3, -0.25) is 0 Å². The third kappa shape index (κ3) is 3.47. The lowest BCUT2D eigenvalue weighted by Gasteiger charge is -2.39. The highest BCUT2D eigenvalue weighted by molar-refractivity contribution is 7.80. The maximum atomic E-state index is 13.5. The van der Waals surface area contributed by atoms with E-state index in [0.717, 1.165) is 35.6 Å². The molecule has 2 heterocycles. The summed E-state index contributed by atoms with van der Waals surface area (Å²) in [7, 11) is 0. The van der Waals surface area contributed by atoms with Crippen LogP contribution in [0.2, 0.25) is 0 Å². The van der Waals surface area contributed by atoms with Crippen molar-refractivity contribution in [3.05, 3.63) is 89.0 Å². The lowest BCUT2D eigenvalue weighted by Crippen LogP contribution is -2.44. The summed E-state index contributed by atoms with van der Waals surface area (Å²) >= 11 is 5.79. The molecule has 3 nitrogen and oxygen atoms in total. The Morgan fingerprint density at radius 2 is 1.85 bits per heavy atom. The van der Waals surface area contributed by atoms with Crippen LogP contribution < -0.4 is 5.32 Å². The number of aryl methyl sites for hydroxylation is 2. The maximum absolute atomic E-state index is 13.5. The molecule has 0 saturated heterocycles. The van der Waals surface area contributed by atoms with E-state index in [1.807, 2.05) is 12.1 Å². The quantitative estimate of drug-likeness (QED) is 0.630. The molecule has 0 aliphatic carbocycles. The van der Waals surface area contributed by atoms with Gasteiger partial charge in [0.2, 0.25) is 0 Å². The Kier molecular flexibility index (Phi) is 4.70. The zero-order valence-corrected chi connectivity index (χ0v) is 16.3. The van der Waals surface area contributed by atoms with Gasteiger partial charge in [0.05, 0.1) is 6.04 Å². The van der Waals surface area contributed by atoms with Crippen LogP contribution in [0, 0.1) is 19.7 Å². The number of fused-ring (bicyclic) bond motifs is 1. The van der Waals surface area contributed by atoms with Gasteiger partial charge in [-0.05, 0) is 67.5 Å². The molecule has 3 aromatic rings. The second kappa shape index (κ2) is 7.16. The van der Waals surface area contributed by atoms with Crippen LogP contribution in [-0.2, 0) is 6.54 Å². The molecule has 1 atom stereocenters. The van der Waals surface area contributed by atoms with Crippen molar-refractivity contribution < 1.29 is 4.39 Å². The molecule has 0 amide bonds. The molecule has 0 saturated carbocycles. The summed E-state index contributed by atoms with van der Waals surface area (Å²) in [6.07, 6.45) is 2.09. The highest BCUT2D eigenvalue weighted by Crippen LogP contribution is 2.33. The Morgan fingerprint density at radius 1 is 1.07 bits per heavy atom. The van der Waals surface area contributed by atoms with Crippen molar-refractivity contribution in [2.24, 2.45) is 0 Å². The van der Waals surface area contributed by atoms with Crippen LogP contribution >= 0.6 is 12.2 Å². The van der Waals surface area contributed by atoms with E-state index in [2.05, 4.69) is 65.2 Å². The minimum Gasteiger partial charge on any atom is -0.348 e. The molecule has 0 bridgehead atoms. The van der Waals surface area contributed by atoms with Crippen molar-refractivity contribution in [2.45, 2.75) is 26.4 Å². The SMILES string of the molecule is Cc1ccc(NC(=S)N2CCn3cccc3C2c2ccc(F)cc2)c(C)c1. The largest absolute Gasteiger partial charge is 0.348 e. The Balaban J connectivity index is 1.67. The number of nitrogens with zero attached hydrogens (tertiary/aromatic N) is 2. The van der Waals surface area contributed by atoms with E-state index < -0.39 is 0 Å². The Morgan fingerprint density at radius 3 is 2.59 bits per heavy atom. The average molecular weight is 380 g/mol. The highest BCUT2D eigenvalue weighted by atomic mass is 32.1. The zero-order chi connectivity index (χ0) is 19.0. The molecule has 1 aromatic heterocycles. The highest BCUT2D eigenvalue weighted by Gasteiger charge is 2.30. The summed E-state index contributed by atoms with van der Waals surface area (Å²) in [4.78, 5) is 2.19. The third-order valence-corrected chi connectivity index (χ3v) is 5.44. The number of thiocarbonyl (C=S) groups is 1. The molecule has 0 radical (unpaired) electrons. The number of nitrogens with one attached hydrogen (secondary N) is 1. The van der Waals surface area contributed by atoms with Gasteiger partial charge in [0.25, 0.3) is 0 Å². The zero-order valence-electron chi connectivity index (χ0n) is 15.4. The number of benzene rings is 2. The van der Waals surface area contributed by atoms with Crippen molar-refractivity contribution in [1.29, 1.82) is 0 Å². The number of halogens is 1. The molecule has 4 rings (SSSR count). The number of anilines is 1. The van der Waals surface area contributed by atoms with Gasteiger partial charge < -0.3 is 14.8 Å². The van der Waals surface area contributed by atoms with E-state index in [4.69, 9.17) is 12.2 Å². The van der Waals surface area contributed by atoms with E-state index in [0.29, 0.717) is 5.11 Å². The number of rotatable bonds is 2. The first-order valence-electron chi connectivity index (χ1n) is 9.08. The second-order valence-corrected chi connectivity index (χ2v) is 7.41. The van der Waals surface area contributed by atoms with Crippen LogP contribution in [0.3, 0.4) is 0 Å². The molecule has 2 aromatic carbocycles. The first kappa shape index (κ1) is 17.7. The fourth-order valence-electron chi connectivity index (χ4n) is 3.74. The van der Waals surface area contributed by atoms with Gasteiger partial charge in [-0.25, -0.2) is 4.39 Å². The predicted molar refractivity (Wildman–Crippen MR) is 112 cm³/mol. The summed E-state index contributed by atoms with van der Waals surface area (Å²) < 4.78 is 15.7. The lowest BCUT2D eigenvalue weighted by atomic mass is 10.0. The predicted octanol–water partition coefficient (Wildman–Crippen LogP) is 5.05. The van der Waals surface area contributed by atoms with Crippen LogP contribution in [0.25, 0.3) is 0 Å². The van der Waals surface area contributed by atoms with E-state index in [9.17, 15) is 4.39 Å². The maximum Gasteiger partial charge on any atom is 0.174 e. The van der Waals surface area contributed by atoms with E-state index in [-0.39, 0.29) is 11.9 Å². The lowest BCUT2D eigenvalue weighted by molar-refractivity contribution is 0.293. The fraction of sp³-hybridized carbons (Fsp3) is 0.227. The van der Waals surface area contributed by atoms with Crippen molar-refractivity contribution in [2.75, 3.05) is 11.9 Å². The summed E-state index contributed by atoms with van der Waals surface area (Å²) in [5, 5.41) is 4.10. The van der Waals surface area contributed by atoms with Crippen molar-refractivity contribution in [1.82, 2.24) is 9.47 Å². The van der Waals surface area contributed by atoms with Crippen molar-refractivity contribution in [3.8, 4) is 0 Å². The Labute approximate surface area is 164 Å². The van der Waals surface area contributed by atoms with Gasteiger partial charge in [-0.2, -0.15) is 0 Å². The summed E-state index contributed by atoms with van der Waals surface area (Å²) in [5.41, 5.74) is 5.60. The van der Waals surface area contributed by atoms with E-state index in [1.54, 1.807) is 0 Å². The van der Waals surface area contributed by atoms with Gasteiger partial charge >= 0.3 is 0 Å². The fourth-order valence-corrected chi connectivity index (χ4v) is 4.05. The topological polar surface area (TPSA) is 20.2 Å². The molecular formula is C22H22FN3S. The molecule has 5 heteroatoms. The van der Waals surface area contributed by atoms with Crippen LogP contribution in [0.5, 0.6) is 0 Å². The molecule has 0 fully saturated rings. The van der Waals surface area contributed by atoms with Gasteiger partial charge in [0, 0.05) is 30.7 Å².